The number of rotatable bonds is 0. The second-order valence-corrected chi connectivity index (χ2v) is 5.04. The van der Waals surface area contributed by atoms with Crippen molar-refractivity contribution in [3.05, 3.63) is 28.8 Å². The van der Waals surface area contributed by atoms with Gasteiger partial charge in [-0.15, -0.1) is 0 Å². The Hall–Kier alpha value is -1.12. The molecule has 0 amide bonds. The summed E-state index contributed by atoms with van der Waals surface area (Å²) in [6.45, 7) is 6.07. The van der Waals surface area contributed by atoms with E-state index in [-0.39, 0.29) is 17.0 Å². The number of nitrogens with two attached hydrogens (primary N) is 1. The lowest BCUT2D eigenvalue weighted by molar-refractivity contribution is 0.483. The highest BCUT2D eigenvalue weighted by molar-refractivity contribution is 5.59. The molecule has 0 saturated heterocycles. The molecule has 2 rings (SSSR count). The molecule has 0 heterocycles. The zero-order chi connectivity index (χ0) is 11.4. The Morgan fingerprint density at radius 1 is 1.40 bits per heavy atom. The zero-order valence-electron chi connectivity index (χ0n) is 9.20. The molecule has 1 aliphatic rings. The van der Waals surface area contributed by atoms with E-state index in [4.69, 9.17) is 5.73 Å². The van der Waals surface area contributed by atoms with Gasteiger partial charge in [0.25, 0.3) is 0 Å². The van der Waals surface area contributed by atoms with Crippen LogP contribution in [0.1, 0.15) is 44.2 Å². The highest BCUT2D eigenvalue weighted by Gasteiger charge is 2.37. The minimum atomic E-state index is -0.904. The largest absolute Gasteiger partial charge is 0.396 e. The molecule has 1 unspecified atom stereocenters. The number of hydrogen-bond acceptors (Lipinski definition) is 1. The van der Waals surface area contributed by atoms with E-state index >= 15 is 0 Å². The lowest BCUT2D eigenvalue weighted by Crippen LogP contribution is -2.13. The van der Waals surface area contributed by atoms with Crippen molar-refractivity contribution in [1.29, 1.82) is 0 Å². The van der Waals surface area contributed by atoms with Crippen LogP contribution in [0.25, 0.3) is 0 Å². The summed E-state index contributed by atoms with van der Waals surface area (Å²) < 4.78 is 26.6. The van der Waals surface area contributed by atoms with E-state index in [1.165, 1.54) is 6.07 Å². The number of benzene rings is 1. The Bertz CT molecular complexity index is 424. The summed E-state index contributed by atoms with van der Waals surface area (Å²) in [5, 5.41) is 0. The van der Waals surface area contributed by atoms with Crippen molar-refractivity contribution >= 4 is 5.69 Å². The first kappa shape index (κ1) is 10.4. The summed E-state index contributed by atoms with van der Waals surface area (Å²) in [5.41, 5.74) is 7.15. The normalized spacial score (nSPS) is 22.9. The molecule has 3 heteroatoms. The quantitative estimate of drug-likeness (QED) is 0.654. The number of anilines is 1. The average molecular weight is 211 g/mol. The lowest BCUT2D eigenvalue weighted by atomic mass is 9.86. The van der Waals surface area contributed by atoms with Crippen molar-refractivity contribution < 1.29 is 8.78 Å². The highest BCUT2D eigenvalue weighted by Crippen LogP contribution is 2.48. The summed E-state index contributed by atoms with van der Waals surface area (Å²) in [5.74, 6) is -1.54. The van der Waals surface area contributed by atoms with Crippen molar-refractivity contribution in [3.63, 3.8) is 0 Å². The molecule has 0 fully saturated rings. The number of fused-ring (bicyclic) bond motifs is 1. The molecular formula is C12H15F2N. The van der Waals surface area contributed by atoms with Gasteiger partial charge in [-0.3, -0.25) is 0 Å². The predicted molar refractivity (Wildman–Crippen MR) is 56.8 cm³/mol. The average Bonchev–Trinajstić information content (AvgIpc) is 2.33. The summed E-state index contributed by atoms with van der Waals surface area (Å²) in [7, 11) is 0. The highest BCUT2D eigenvalue weighted by atomic mass is 19.2. The fourth-order valence-corrected chi connectivity index (χ4v) is 2.73. The topological polar surface area (TPSA) is 26.0 Å². The summed E-state index contributed by atoms with van der Waals surface area (Å²) >= 11 is 0. The van der Waals surface area contributed by atoms with E-state index in [0.717, 1.165) is 17.5 Å². The van der Waals surface area contributed by atoms with Crippen molar-refractivity contribution in [1.82, 2.24) is 0 Å². The van der Waals surface area contributed by atoms with Gasteiger partial charge < -0.3 is 5.73 Å². The van der Waals surface area contributed by atoms with Gasteiger partial charge in [0.2, 0.25) is 0 Å². The molecule has 82 valence electrons. The first-order valence-electron chi connectivity index (χ1n) is 5.12. The molecule has 1 nitrogen and oxygen atoms in total. The standard InChI is InChI=1S/C12H15F2N/c1-6-5-12(2,3)7-4-8(13)10(14)11(15)9(6)7/h4,6H,5,15H2,1-3H3. The Morgan fingerprint density at radius 2 is 2.00 bits per heavy atom. The molecule has 0 spiro atoms. The molecule has 0 bridgehead atoms. The smallest absolute Gasteiger partial charge is 0.181 e. The van der Waals surface area contributed by atoms with Gasteiger partial charge in [0.1, 0.15) is 0 Å². The second kappa shape index (κ2) is 2.94. The third kappa shape index (κ3) is 1.33. The van der Waals surface area contributed by atoms with Crippen molar-refractivity contribution in [2.75, 3.05) is 5.73 Å². The maximum absolute atomic E-state index is 13.3. The van der Waals surface area contributed by atoms with Crippen LogP contribution in [-0.2, 0) is 5.41 Å². The van der Waals surface area contributed by atoms with Gasteiger partial charge >= 0.3 is 0 Å². The molecule has 0 saturated carbocycles. The second-order valence-electron chi connectivity index (χ2n) is 5.04. The van der Waals surface area contributed by atoms with Gasteiger partial charge in [-0.25, -0.2) is 8.78 Å². The van der Waals surface area contributed by atoms with Crippen LogP contribution < -0.4 is 5.73 Å². The maximum atomic E-state index is 13.3. The van der Waals surface area contributed by atoms with E-state index in [1.807, 2.05) is 20.8 Å². The van der Waals surface area contributed by atoms with Crippen molar-refractivity contribution in [2.24, 2.45) is 0 Å². The van der Waals surface area contributed by atoms with Crippen LogP contribution in [0.5, 0.6) is 0 Å². The summed E-state index contributed by atoms with van der Waals surface area (Å²) in [6.07, 6.45) is 0.884. The molecule has 1 aliphatic carbocycles. The van der Waals surface area contributed by atoms with Gasteiger partial charge in [-0.1, -0.05) is 20.8 Å². The van der Waals surface area contributed by atoms with Crippen LogP contribution in [0.2, 0.25) is 0 Å². The van der Waals surface area contributed by atoms with Gasteiger partial charge in [-0.05, 0) is 34.9 Å². The third-order valence-corrected chi connectivity index (χ3v) is 3.34. The van der Waals surface area contributed by atoms with Gasteiger partial charge in [-0.2, -0.15) is 0 Å². The minimum Gasteiger partial charge on any atom is -0.396 e. The Balaban J connectivity index is 2.75. The Kier molecular flexibility index (Phi) is 2.04. The molecular weight excluding hydrogens is 196 g/mol. The van der Waals surface area contributed by atoms with Gasteiger partial charge in [0, 0.05) is 0 Å². The SMILES string of the molecule is CC1CC(C)(C)c2cc(F)c(F)c(N)c21. The van der Waals surface area contributed by atoms with Crippen LogP contribution >= 0.6 is 0 Å². The minimum absolute atomic E-state index is 0.0110. The van der Waals surface area contributed by atoms with Crippen LogP contribution in [0.15, 0.2) is 6.07 Å². The van der Waals surface area contributed by atoms with Crippen molar-refractivity contribution in [2.45, 2.75) is 38.5 Å². The van der Waals surface area contributed by atoms with E-state index in [2.05, 4.69) is 0 Å². The third-order valence-electron chi connectivity index (χ3n) is 3.34. The molecule has 1 atom stereocenters. The van der Waals surface area contributed by atoms with E-state index in [1.54, 1.807) is 0 Å². The molecule has 2 N–H and O–H groups in total. The molecule has 1 aromatic carbocycles. The van der Waals surface area contributed by atoms with E-state index in [0.29, 0.717) is 0 Å². The van der Waals surface area contributed by atoms with Gasteiger partial charge in [0.15, 0.2) is 11.6 Å². The predicted octanol–water partition coefficient (Wildman–Crippen LogP) is 3.33. The Morgan fingerprint density at radius 3 is 2.60 bits per heavy atom. The maximum Gasteiger partial charge on any atom is 0.181 e. The Labute approximate surface area is 88.3 Å². The molecule has 1 aromatic rings. The summed E-state index contributed by atoms with van der Waals surface area (Å²) in [4.78, 5) is 0. The monoisotopic (exact) mass is 211 g/mol. The van der Waals surface area contributed by atoms with Crippen LogP contribution in [0, 0.1) is 11.6 Å². The number of nitrogen functional groups attached to an aromatic ring is 1. The first-order valence-corrected chi connectivity index (χ1v) is 5.12. The molecule has 0 aliphatic heterocycles. The van der Waals surface area contributed by atoms with Crippen LogP contribution in [0.3, 0.4) is 0 Å². The fourth-order valence-electron chi connectivity index (χ4n) is 2.73. The molecule has 0 aromatic heterocycles. The zero-order valence-corrected chi connectivity index (χ0v) is 9.20. The van der Waals surface area contributed by atoms with Crippen molar-refractivity contribution in [3.8, 4) is 0 Å². The van der Waals surface area contributed by atoms with Crippen LogP contribution in [-0.4, -0.2) is 0 Å². The number of hydrogen-bond donors (Lipinski definition) is 1. The van der Waals surface area contributed by atoms with E-state index < -0.39 is 11.6 Å². The fraction of sp³-hybridized carbons (Fsp3) is 0.500. The lowest BCUT2D eigenvalue weighted by Gasteiger charge is -2.19. The van der Waals surface area contributed by atoms with E-state index in [9.17, 15) is 8.78 Å². The summed E-state index contributed by atoms with van der Waals surface area (Å²) in [6, 6.07) is 1.30. The van der Waals surface area contributed by atoms with Crippen LogP contribution in [0.4, 0.5) is 14.5 Å². The molecule has 0 radical (unpaired) electrons. The molecule has 15 heavy (non-hydrogen) atoms. The number of halogens is 2. The first-order chi connectivity index (χ1) is 6.84. The van der Waals surface area contributed by atoms with Gasteiger partial charge in [0.05, 0.1) is 5.69 Å².